The Kier molecular flexibility index (Phi) is 4.93. The van der Waals surface area contributed by atoms with E-state index in [-0.39, 0.29) is 5.70 Å². The van der Waals surface area contributed by atoms with Crippen LogP contribution in [0.2, 0.25) is 0 Å². The smallest absolute Gasteiger partial charge is 0.329 e. The molecule has 1 heterocycles. The lowest BCUT2D eigenvalue weighted by atomic mass is 10.1. The van der Waals surface area contributed by atoms with E-state index in [4.69, 9.17) is 19.3 Å². The number of aliphatic carboxylic acids is 1. The van der Waals surface area contributed by atoms with Crippen molar-refractivity contribution in [2.75, 3.05) is 27.9 Å². The highest BCUT2D eigenvalue weighted by Gasteiger charge is 2.34. The number of nitrogens with one attached hydrogen (secondary N) is 1. The van der Waals surface area contributed by atoms with Gasteiger partial charge in [0, 0.05) is 0 Å². The van der Waals surface area contributed by atoms with E-state index in [0.29, 0.717) is 27.7 Å². The van der Waals surface area contributed by atoms with Crippen molar-refractivity contribution >= 4 is 24.0 Å². The molecule has 2 N–H and O–H groups in total. The maximum absolute atomic E-state index is 12.1. The molecule has 0 spiro atoms. The Morgan fingerprint density at radius 2 is 1.75 bits per heavy atom. The number of carbonyl (C=O) groups excluding carboxylic acids is 2. The van der Waals surface area contributed by atoms with E-state index >= 15 is 0 Å². The molecule has 9 heteroatoms. The van der Waals surface area contributed by atoms with Crippen molar-refractivity contribution in [3.8, 4) is 17.2 Å². The Morgan fingerprint density at radius 3 is 2.21 bits per heavy atom. The van der Waals surface area contributed by atoms with Crippen molar-refractivity contribution in [3.63, 3.8) is 0 Å². The second-order valence-electron chi connectivity index (χ2n) is 4.73. The maximum Gasteiger partial charge on any atom is 0.329 e. The standard InChI is InChI=1S/C15H16N2O7/c1-22-10-5-8(6-11(23-2)13(10)24-3)4-9-14(20)17(7-12(18)19)15(21)16-9/h4-6H,7H2,1-3H3,(H,16,21)(H,18,19)/b9-4+. The van der Waals surface area contributed by atoms with E-state index in [9.17, 15) is 14.4 Å². The summed E-state index contributed by atoms with van der Waals surface area (Å²) in [5, 5.41) is 11.1. The summed E-state index contributed by atoms with van der Waals surface area (Å²) in [6.07, 6.45) is 1.40. The van der Waals surface area contributed by atoms with Gasteiger partial charge in [0.05, 0.1) is 21.3 Å². The molecule has 0 saturated carbocycles. The second-order valence-corrected chi connectivity index (χ2v) is 4.73. The first-order valence-corrected chi connectivity index (χ1v) is 6.77. The molecule has 0 unspecified atom stereocenters. The third-order valence-electron chi connectivity index (χ3n) is 3.25. The van der Waals surface area contributed by atoms with Gasteiger partial charge < -0.3 is 24.6 Å². The van der Waals surface area contributed by atoms with Gasteiger partial charge in [-0.3, -0.25) is 9.59 Å². The third kappa shape index (κ3) is 3.24. The number of hydrogen-bond acceptors (Lipinski definition) is 6. The van der Waals surface area contributed by atoms with Crippen LogP contribution < -0.4 is 19.5 Å². The summed E-state index contributed by atoms with van der Waals surface area (Å²) in [4.78, 5) is 35.1. The van der Waals surface area contributed by atoms with E-state index < -0.39 is 24.5 Å². The number of imide groups is 1. The minimum absolute atomic E-state index is 0.0458. The number of amides is 3. The molecule has 24 heavy (non-hydrogen) atoms. The number of methoxy groups -OCH3 is 3. The van der Waals surface area contributed by atoms with E-state index in [0.717, 1.165) is 0 Å². The number of rotatable bonds is 6. The molecule has 0 atom stereocenters. The summed E-state index contributed by atoms with van der Waals surface area (Å²) < 4.78 is 15.6. The van der Waals surface area contributed by atoms with Gasteiger partial charge in [-0.2, -0.15) is 0 Å². The van der Waals surface area contributed by atoms with Crippen molar-refractivity contribution < 1.29 is 33.7 Å². The van der Waals surface area contributed by atoms with Crippen LogP contribution in [-0.4, -0.2) is 55.8 Å². The summed E-state index contributed by atoms with van der Waals surface area (Å²) in [7, 11) is 4.36. The fourth-order valence-electron chi connectivity index (χ4n) is 2.20. The molecule has 1 aliphatic heterocycles. The number of nitrogens with zero attached hydrogens (tertiary/aromatic N) is 1. The van der Waals surface area contributed by atoms with Gasteiger partial charge in [-0.1, -0.05) is 0 Å². The summed E-state index contributed by atoms with van der Waals surface area (Å²) in [6.45, 7) is -0.711. The quantitative estimate of drug-likeness (QED) is 0.580. The average Bonchev–Trinajstić information content (AvgIpc) is 2.80. The molecule has 3 amide bonds. The van der Waals surface area contributed by atoms with Crippen LogP contribution in [0.15, 0.2) is 17.8 Å². The average molecular weight is 336 g/mol. The monoisotopic (exact) mass is 336 g/mol. The van der Waals surface area contributed by atoms with E-state index in [1.807, 2.05) is 0 Å². The molecule has 2 rings (SSSR count). The first kappa shape index (κ1) is 17.1. The first-order valence-electron chi connectivity index (χ1n) is 6.77. The fourth-order valence-corrected chi connectivity index (χ4v) is 2.20. The molecule has 1 fully saturated rings. The highest BCUT2D eigenvalue weighted by molar-refractivity contribution is 6.15. The van der Waals surface area contributed by atoms with Crippen molar-refractivity contribution in [2.45, 2.75) is 0 Å². The number of urea groups is 1. The first-order chi connectivity index (χ1) is 11.4. The zero-order valence-corrected chi connectivity index (χ0v) is 13.3. The van der Waals surface area contributed by atoms with Gasteiger partial charge in [-0.15, -0.1) is 0 Å². The molecule has 0 aromatic heterocycles. The van der Waals surface area contributed by atoms with Crippen molar-refractivity contribution in [1.29, 1.82) is 0 Å². The molecule has 1 aliphatic rings. The molecule has 1 aromatic rings. The molecule has 128 valence electrons. The molecular weight excluding hydrogens is 320 g/mol. The highest BCUT2D eigenvalue weighted by atomic mass is 16.5. The third-order valence-corrected chi connectivity index (χ3v) is 3.25. The lowest BCUT2D eigenvalue weighted by Gasteiger charge is -2.13. The zero-order valence-electron chi connectivity index (χ0n) is 13.3. The van der Waals surface area contributed by atoms with Crippen LogP contribution in [0.3, 0.4) is 0 Å². The number of benzene rings is 1. The number of hydrogen-bond donors (Lipinski definition) is 2. The van der Waals surface area contributed by atoms with Crippen LogP contribution in [0, 0.1) is 0 Å². The molecule has 0 bridgehead atoms. The fraction of sp³-hybridized carbons (Fsp3) is 0.267. The number of carboxylic acids is 1. The molecule has 9 nitrogen and oxygen atoms in total. The zero-order chi connectivity index (χ0) is 17.9. The van der Waals surface area contributed by atoms with Gasteiger partial charge >= 0.3 is 12.0 Å². The Morgan fingerprint density at radius 1 is 1.17 bits per heavy atom. The van der Waals surface area contributed by atoms with Gasteiger partial charge in [-0.05, 0) is 23.8 Å². The SMILES string of the molecule is COc1cc(/C=C2/NC(=O)N(CC(=O)O)C2=O)cc(OC)c1OC. The topological polar surface area (TPSA) is 114 Å². The van der Waals surface area contributed by atoms with Crippen LogP contribution >= 0.6 is 0 Å². The number of carboxylic acid groups (broad SMARTS) is 1. The van der Waals surface area contributed by atoms with Crippen LogP contribution in [0.25, 0.3) is 6.08 Å². The minimum atomic E-state index is -1.28. The summed E-state index contributed by atoms with van der Waals surface area (Å²) in [5.41, 5.74) is 0.459. The number of carbonyl (C=O) groups is 3. The maximum atomic E-state index is 12.1. The Labute approximate surface area is 137 Å². The van der Waals surface area contributed by atoms with Crippen molar-refractivity contribution in [2.24, 2.45) is 0 Å². The normalized spacial score (nSPS) is 15.5. The van der Waals surface area contributed by atoms with Crippen LogP contribution in [0.1, 0.15) is 5.56 Å². The van der Waals surface area contributed by atoms with Gasteiger partial charge in [0.1, 0.15) is 12.2 Å². The van der Waals surface area contributed by atoms with Gasteiger partial charge in [0.15, 0.2) is 11.5 Å². The lowest BCUT2D eigenvalue weighted by Crippen LogP contribution is -2.35. The van der Waals surface area contributed by atoms with E-state index in [1.54, 1.807) is 12.1 Å². The van der Waals surface area contributed by atoms with Gasteiger partial charge in [0.25, 0.3) is 5.91 Å². The van der Waals surface area contributed by atoms with Crippen molar-refractivity contribution in [1.82, 2.24) is 10.2 Å². The summed E-state index contributed by atoms with van der Waals surface area (Å²) in [5.74, 6) is -0.870. The van der Waals surface area contributed by atoms with Crippen LogP contribution in [0.5, 0.6) is 17.2 Å². The Bertz CT molecular complexity index is 702. The van der Waals surface area contributed by atoms with Crippen molar-refractivity contribution in [3.05, 3.63) is 23.4 Å². The lowest BCUT2D eigenvalue weighted by molar-refractivity contribution is -0.140. The van der Waals surface area contributed by atoms with Crippen LogP contribution in [0.4, 0.5) is 4.79 Å². The number of ether oxygens (including phenoxy) is 3. The van der Waals surface area contributed by atoms with Gasteiger partial charge in [0.2, 0.25) is 5.75 Å². The largest absolute Gasteiger partial charge is 0.493 e. The molecule has 1 aromatic carbocycles. The minimum Gasteiger partial charge on any atom is -0.493 e. The Balaban J connectivity index is 2.39. The summed E-state index contributed by atoms with van der Waals surface area (Å²) in [6, 6.07) is 2.39. The molecule has 0 radical (unpaired) electrons. The van der Waals surface area contributed by atoms with Gasteiger partial charge in [-0.25, -0.2) is 9.69 Å². The molecule has 0 aliphatic carbocycles. The van der Waals surface area contributed by atoms with E-state index in [1.165, 1.54) is 27.4 Å². The highest BCUT2D eigenvalue weighted by Crippen LogP contribution is 2.38. The predicted octanol–water partition coefficient (Wildman–Crippen LogP) is 0.690. The Hall–Kier alpha value is -3.23. The van der Waals surface area contributed by atoms with E-state index in [2.05, 4.69) is 5.32 Å². The molecule has 1 saturated heterocycles. The predicted molar refractivity (Wildman–Crippen MR) is 82.0 cm³/mol. The second kappa shape index (κ2) is 6.90. The molecular formula is C15H16N2O7. The van der Waals surface area contributed by atoms with Crippen LogP contribution in [-0.2, 0) is 9.59 Å². The summed E-state index contributed by atoms with van der Waals surface area (Å²) >= 11 is 0.